The van der Waals surface area contributed by atoms with Crippen LogP contribution >= 0.6 is 15.9 Å². The molecule has 110 valence electrons. The molecule has 0 unspecified atom stereocenters. The first kappa shape index (κ1) is 15.1. The van der Waals surface area contributed by atoms with Crippen LogP contribution in [0.2, 0.25) is 0 Å². The molecule has 0 bridgehead atoms. The zero-order valence-electron chi connectivity index (χ0n) is 10.2. The second-order valence-electron chi connectivity index (χ2n) is 4.13. The van der Waals surface area contributed by atoms with E-state index in [2.05, 4.69) is 20.7 Å². The van der Waals surface area contributed by atoms with Gasteiger partial charge in [-0.25, -0.2) is 0 Å². The lowest BCUT2D eigenvalue weighted by molar-refractivity contribution is -0.274. The molecule has 1 heterocycles. The molecule has 1 fully saturated rings. The number of nitrogens with zero attached hydrogens (tertiary/aromatic N) is 1. The number of morpholine rings is 1. The summed E-state index contributed by atoms with van der Waals surface area (Å²) in [6, 6.07) is 3.70. The molecule has 1 amide bonds. The lowest BCUT2D eigenvalue weighted by Gasteiger charge is -2.27. The Kier molecular flexibility index (Phi) is 4.54. The van der Waals surface area contributed by atoms with Crippen LogP contribution < -0.4 is 4.74 Å². The fourth-order valence-corrected chi connectivity index (χ4v) is 2.30. The zero-order chi connectivity index (χ0) is 14.8. The van der Waals surface area contributed by atoms with Gasteiger partial charge in [0.15, 0.2) is 0 Å². The third-order valence-corrected chi connectivity index (χ3v) is 3.11. The summed E-state index contributed by atoms with van der Waals surface area (Å²) in [4.78, 5) is 13.7. The largest absolute Gasteiger partial charge is 0.573 e. The molecule has 8 heteroatoms. The van der Waals surface area contributed by atoms with Crippen LogP contribution in [0.15, 0.2) is 22.7 Å². The van der Waals surface area contributed by atoms with E-state index in [-0.39, 0.29) is 11.5 Å². The van der Waals surface area contributed by atoms with Crippen molar-refractivity contribution < 1.29 is 27.4 Å². The minimum atomic E-state index is -4.79. The number of amides is 1. The molecular formula is C12H11BrF3NO3. The first-order chi connectivity index (χ1) is 9.35. The Bertz CT molecular complexity index is 501. The van der Waals surface area contributed by atoms with E-state index >= 15 is 0 Å². The number of carbonyl (C=O) groups excluding carboxylic acids is 1. The predicted octanol–water partition coefficient (Wildman–Crippen LogP) is 2.82. The molecule has 1 aromatic carbocycles. The van der Waals surface area contributed by atoms with Crippen LogP contribution in [0.5, 0.6) is 5.75 Å². The molecule has 0 N–H and O–H groups in total. The minimum absolute atomic E-state index is 0.139. The molecule has 4 nitrogen and oxygen atoms in total. The van der Waals surface area contributed by atoms with Crippen LogP contribution in [0.3, 0.4) is 0 Å². The number of hydrogen-bond donors (Lipinski definition) is 0. The summed E-state index contributed by atoms with van der Waals surface area (Å²) in [6.45, 7) is 1.68. The van der Waals surface area contributed by atoms with Crippen molar-refractivity contribution in [3.8, 4) is 5.75 Å². The SMILES string of the molecule is O=C(c1cc(Br)cc(OC(F)(F)F)c1)N1CCOCC1. The molecule has 2 rings (SSSR count). The van der Waals surface area contributed by atoms with Gasteiger partial charge in [-0.1, -0.05) is 15.9 Å². The first-order valence-corrected chi connectivity index (χ1v) is 6.58. The van der Waals surface area contributed by atoms with Gasteiger partial charge in [-0.15, -0.1) is 13.2 Å². The number of rotatable bonds is 2. The lowest BCUT2D eigenvalue weighted by atomic mass is 10.2. The van der Waals surface area contributed by atoms with E-state index in [1.807, 2.05) is 0 Å². The highest BCUT2D eigenvalue weighted by molar-refractivity contribution is 9.10. The summed E-state index contributed by atoms with van der Waals surface area (Å²) in [5, 5.41) is 0. The van der Waals surface area contributed by atoms with Crippen LogP contribution in [0.4, 0.5) is 13.2 Å². The second-order valence-corrected chi connectivity index (χ2v) is 5.04. The molecule has 0 atom stereocenters. The molecule has 0 spiro atoms. The van der Waals surface area contributed by atoms with Crippen molar-refractivity contribution in [3.63, 3.8) is 0 Å². The summed E-state index contributed by atoms with van der Waals surface area (Å²) >= 11 is 3.07. The maximum atomic E-state index is 12.2. The Morgan fingerprint density at radius 1 is 1.25 bits per heavy atom. The summed E-state index contributed by atoms with van der Waals surface area (Å²) < 4.78 is 45.9. The van der Waals surface area contributed by atoms with Crippen molar-refractivity contribution in [2.45, 2.75) is 6.36 Å². The van der Waals surface area contributed by atoms with E-state index in [0.29, 0.717) is 30.8 Å². The molecule has 0 aromatic heterocycles. The number of alkyl halides is 3. The van der Waals surface area contributed by atoms with E-state index in [1.165, 1.54) is 11.0 Å². The van der Waals surface area contributed by atoms with Crippen molar-refractivity contribution in [1.29, 1.82) is 0 Å². The van der Waals surface area contributed by atoms with E-state index in [1.54, 1.807) is 0 Å². The Labute approximate surface area is 121 Å². The maximum absolute atomic E-state index is 12.2. The standard InChI is InChI=1S/C12H11BrF3NO3/c13-9-5-8(6-10(7-9)20-12(14,15)16)11(18)17-1-3-19-4-2-17/h5-7H,1-4H2. The Morgan fingerprint density at radius 3 is 2.50 bits per heavy atom. The molecule has 0 saturated carbocycles. The average Bonchev–Trinajstić information content (AvgIpc) is 2.36. The van der Waals surface area contributed by atoms with Crippen LogP contribution in [-0.4, -0.2) is 43.5 Å². The Balaban J connectivity index is 2.20. The van der Waals surface area contributed by atoms with Crippen LogP contribution in [0.25, 0.3) is 0 Å². The van der Waals surface area contributed by atoms with E-state index in [9.17, 15) is 18.0 Å². The quantitative estimate of drug-likeness (QED) is 0.820. The highest BCUT2D eigenvalue weighted by atomic mass is 79.9. The van der Waals surface area contributed by atoms with E-state index in [0.717, 1.165) is 12.1 Å². The van der Waals surface area contributed by atoms with Gasteiger partial charge >= 0.3 is 6.36 Å². The fraction of sp³-hybridized carbons (Fsp3) is 0.417. The van der Waals surface area contributed by atoms with Crippen molar-refractivity contribution in [1.82, 2.24) is 4.90 Å². The molecule has 0 radical (unpaired) electrons. The zero-order valence-corrected chi connectivity index (χ0v) is 11.8. The van der Waals surface area contributed by atoms with Gasteiger partial charge < -0.3 is 14.4 Å². The predicted molar refractivity (Wildman–Crippen MR) is 67.5 cm³/mol. The number of hydrogen-bond acceptors (Lipinski definition) is 3. The van der Waals surface area contributed by atoms with Gasteiger partial charge in [-0.2, -0.15) is 0 Å². The van der Waals surface area contributed by atoms with E-state index in [4.69, 9.17) is 4.74 Å². The van der Waals surface area contributed by atoms with E-state index < -0.39 is 12.1 Å². The topological polar surface area (TPSA) is 38.8 Å². The highest BCUT2D eigenvalue weighted by Gasteiger charge is 2.31. The molecule has 1 aliphatic heterocycles. The summed E-state index contributed by atoms with van der Waals surface area (Å²) in [7, 11) is 0. The number of benzene rings is 1. The Morgan fingerprint density at radius 2 is 1.90 bits per heavy atom. The summed E-state index contributed by atoms with van der Waals surface area (Å²) in [6.07, 6.45) is -4.79. The number of halogens is 4. The van der Waals surface area contributed by atoms with Crippen molar-refractivity contribution in [2.75, 3.05) is 26.3 Å². The maximum Gasteiger partial charge on any atom is 0.573 e. The van der Waals surface area contributed by atoms with Gasteiger partial charge in [0.2, 0.25) is 0 Å². The average molecular weight is 354 g/mol. The van der Waals surface area contributed by atoms with Crippen LogP contribution in [-0.2, 0) is 4.74 Å². The molecule has 1 aromatic rings. The lowest BCUT2D eigenvalue weighted by Crippen LogP contribution is -2.40. The third kappa shape index (κ3) is 4.11. The smallest absolute Gasteiger partial charge is 0.406 e. The summed E-state index contributed by atoms with van der Waals surface area (Å²) in [5.41, 5.74) is 0.139. The van der Waals surface area contributed by atoms with Crippen molar-refractivity contribution >= 4 is 21.8 Å². The fourth-order valence-electron chi connectivity index (χ4n) is 1.83. The Hall–Kier alpha value is -1.28. The van der Waals surface area contributed by atoms with Gasteiger partial charge in [0.25, 0.3) is 5.91 Å². The molecule has 20 heavy (non-hydrogen) atoms. The first-order valence-electron chi connectivity index (χ1n) is 5.78. The molecule has 1 aliphatic rings. The third-order valence-electron chi connectivity index (χ3n) is 2.65. The number of ether oxygens (including phenoxy) is 2. The minimum Gasteiger partial charge on any atom is -0.406 e. The molecular weight excluding hydrogens is 343 g/mol. The molecule has 1 saturated heterocycles. The van der Waals surface area contributed by atoms with Gasteiger partial charge in [0.1, 0.15) is 5.75 Å². The van der Waals surface area contributed by atoms with Crippen molar-refractivity contribution in [2.24, 2.45) is 0 Å². The van der Waals surface area contributed by atoms with Gasteiger partial charge in [0.05, 0.1) is 13.2 Å². The monoisotopic (exact) mass is 353 g/mol. The number of carbonyl (C=O) groups is 1. The molecule has 0 aliphatic carbocycles. The van der Waals surface area contributed by atoms with Gasteiger partial charge in [0, 0.05) is 23.1 Å². The normalized spacial score (nSPS) is 16.1. The van der Waals surface area contributed by atoms with Crippen molar-refractivity contribution in [3.05, 3.63) is 28.2 Å². The summed E-state index contributed by atoms with van der Waals surface area (Å²) in [5.74, 6) is -0.773. The second kappa shape index (κ2) is 6.01. The van der Waals surface area contributed by atoms with Gasteiger partial charge in [-0.05, 0) is 18.2 Å². The van der Waals surface area contributed by atoms with Crippen LogP contribution in [0.1, 0.15) is 10.4 Å². The van der Waals surface area contributed by atoms with Crippen LogP contribution in [0, 0.1) is 0 Å². The van der Waals surface area contributed by atoms with Gasteiger partial charge in [-0.3, -0.25) is 4.79 Å². The highest BCUT2D eigenvalue weighted by Crippen LogP contribution is 2.27.